The maximum atomic E-state index is 5.55. The lowest BCUT2D eigenvalue weighted by Crippen LogP contribution is -2.12. The molecule has 0 bridgehead atoms. The van der Waals surface area contributed by atoms with Crippen LogP contribution >= 0.6 is 15.9 Å². The molecule has 0 aromatic heterocycles. The average Bonchev–Trinajstić information content (AvgIpc) is 2.24. The van der Waals surface area contributed by atoms with Crippen LogP contribution in [0.3, 0.4) is 0 Å². The smallest absolute Gasteiger partial charge is 0.119 e. The van der Waals surface area contributed by atoms with E-state index < -0.39 is 0 Å². The van der Waals surface area contributed by atoms with Gasteiger partial charge in [-0.25, -0.2) is 0 Å². The largest absolute Gasteiger partial charge is 0.491 e. The van der Waals surface area contributed by atoms with E-state index >= 15 is 0 Å². The molecule has 0 radical (unpaired) electrons. The monoisotopic (exact) mass is 300 g/mol. The van der Waals surface area contributed by atoms with E-state index in [9.17, 15) is 0 Å². The molecule has 96 valence electrons. The molecule has 3 heteroatoms. The molecule has 1 aromatic carbocycles. The predicted molar refractivity (Wildman–Crippen MR) is 74.5 cm³/mol. The van der Waals surface area contributed by atoms with Crippen LogP contribution in [-0.2, 0) is 4.74 Å². The molecule has 0 aliphatic heterocycles. The van der Waals surface area contributed by atoms with Gasteiger partial charge in [-0.15, -0.1) is 0 Å². The standard InChI is InChI=1S/C14H21BrO2/c1-14(2,3)8-9-16-10-11-17-13-6-4-12(15)5-7-13/h4-7H,8-11H2,1-3H3. The predicted octanol–water partition coefficient (Wildman–Crippen LogP) is 4.28. The molecule has 0 aliphatic carbocycles. The van der Waals surface area contributed by atoms with E-state index in [2.05, 4.69) is 36.7 Å². The molecule has 1 rings (SSSR count). The zero-order valence-corrected chi connectivity index (χ0v) is 12.4. The van der Waals surface area contributed by atoms with E-state index in [-0.39, 0.29) is 0 Å². The number of benzene rings is 1. The van der Waals surface area contributed by atoms with E-state index in [0.29, 0.717) is 18.6 Å². The average molecular weight is 301 g/mol. The molecule has 0 spiro atoms. The Morgan fingerprint density at radius 3 is 2.24 bits per heavy atom. The minimum Gasteiger partial charge on any atom is -0.491 e. The van der Waals surface area contributed by atoms with Crippen LogP contribution in [0.25, 0.3) is 0 Å². The third-order valence-corrected chi connectivity index (χ3v) is 2.84. The molecule has 0 aliphatic rings. The lowest BCUT2D eigenvalue weighted by molar-refractivity contribution is 0.0818. The summed E-state index contributed by atoms with van der Waals surface area (Å²) in [5, 5.41) is 0. The summed E-state index contributed by atoms with van der Waals surface area (Å²) in [4.78, 5) is 0. The minimum absolute atomic E-state index is 0.340. The maximum absolute atomic E-state index is 5.55. The molecule has 0 N–H and O–H groups in total. The Morgan fingerprint density at radius 2 is 1.65 bits per heavy atom. The molecule has 0 saturated heterocycles. The highest BCUT2D eigenvalue weighted by molar-refractivity contribution is 9.10. The van der Waals surface area contributed by atoms with E-state index in [1.54, 1.807) is 0 Å². The highest BCUT2D eigenvalue weighted by Gasteiger charge is 2.08. The maximum Gasteiger partial charge on any atom is 0.119 e. The Labute approximate surface area is 112 Å². The number of halogens is 1. The summed E-state index contributed by atoms with van der Waals surface area (Å²) in [6.45, 7) is 8.70. The second kappa shape index (κ2) is 7.02. The summed E-state index contributed by atoms with van der Waals surface area (Å²) < 4.78 is 12.1. The van der Waals surface area contributed by atoms with Gasteiger partial charge in [-0.05, 0) is 36.1 Å². The second-order valence-electron chi connectivity index (χ2n) is 5.23. The molecule has 0 fully saturated rings. The third-order valence-electron chi connectivity index (χ3n) is 2.31. The van der Waals surface area contributed by atoms with Crippen LogP contribution in [0.5, 0.6) is 5.75 Å². The topological polar surface area (TPSA) is 18.5 Å². The van der Waals surface area contributed by atoms with Crippen molar-refractivity contribution >= 4 is 15.9 Å². The second-order valence-corrected chi connectivity index (χ2v) is 6.14. The van der Waals surface area contributed by atoms with Crippen molar-refractivity contribution in [3.05, 3.63) is 28.7 Å². The Morgan fingerprint density at radius 1 is 1.00 bits per heavy atom. The van der Waals surface area contributed by atoms with Crippen molar-refractivity contribution in [1.82, 2.24) is 0 Å². The van der Waals surface area contributed by atoms with Crippen molar-refractivity contribution in [3.8, 4) is 5.75 Å². The quantitative estimate of drug-likeness (QED) is 0.730. The Bertz CT molecular complexity index is 314. The fourth-order valence-corrected chi connectivity index (χ4v) is 1.49. The van der Waals surface area contributed by atoms with E-state index in [4.69, 9.17) is 9.47 Å². The highest BCUT2D eigenvalue weighted by atomic mass is 79.9. The van der Waals surface area contributed by atoms with Crippen LogP contribution in [0.15, 0.2) is 28.7 Å². The number of ether oxygens (including phenoxy) is 2. The summed E-state index contributed by atoms with van der Waals surface area (Å²) in [6, 6.07) is 7.82. The first-order valence-corrected chi connectivity index (χ1v) is 6.73. The summed E-state index contributed by atoms with van der Waals surface area (Å²) in [7, 11) is 0. The highest BCUT2D eigenvalue weighted by Crippen LogP contribution is 2.18. The van der Waals surface area contributed by atoms with Gasteiger partial charge in [-0.1, -0.05) is 36.7 Å². The fourth-order valence-electron chi connectivity index (χ4n) is 1.23. The Hall–Kier alpha value is -0.540. The van der Waals surface area contributed by atoms with Crippen LogP contribution in [0.4, 0.5) is 0 Å². The van der Waals surface area contributed by atoms with Gasteiger partial charge in [-0.2, -0.15) is 0 Å². The van der Waals surface area contributed by atoms with Crippen LogP contribution in [0.1, 0.15) is 27.2 Å². The molecule has 0 amide bonds. The number of hydrogen-bond donors (Lipinski definition) is 0. The van der Waals surface area contributed by atoms with Crippen LogP contribution in [-0.4, -0.2) is 19.8 Å². The number of rotatable bonds is 6. The molecular formula is C14H21BrO2. The lowest BCUT2D eigenvalue weighted by atomic mass is 9.93. The summed E-state index contributed by atoms with van der Waals surface area (Å²) in [5.41, 5.74) is 0.340. The first-order valence-electron chi connectivity index (χ1n) is 5.93. The molecule has 0 atom stereocenters. The summed E-state index contributed by atoms with van der Waals surface area (Å²) in [5.74, 6) is 0.882. The summed E-state index contributed by atoms with van der Waals surface area (Å²) in [6.07, 6.45) is 1.07. The van der Waals surface area contributed by atoms with E-state index in [0.717, 1.165) is 23.2 Å². The van der Waals surface area contributed by atoms with Gasteiger partial charge in [0, 0.05) is 11.1 Å². The molecule has 17 heavy (non-hydrogen) atoms. The molecule has 0 saturated carbocycles. The lowest BCUT2D eigenvalue weighted by Gasteiger charge is -2.17. The Kier molecular flexibility index (Phi) is 6.00. The molecular weight excluding hydrogens is 280 g/mol. The third kappa shape index (κ3) is 7.40. The number of hydrogen-bond acceptors (Lipinski definition) is 2. The van der Waals surface area contributed by atoms with E-state index in [1.807, 2.05) is 24.3 Å². The summed E-state index contributed by atoms with van der Waals surface area (Å²) >= 11 is 3.39. The van der Waals surface area contributed by atoms with E-state index in [1.165, 1.54) is 0 Å². The first-order chi connectivity index (χ1) is 7.97. The van der Waals surface area contributed by atoms with Gasteiger partial charge in [0.05, 0.1) is 6.61 Å². The van der Waals surface area contributed by atoms with Gasteiger partial charge in [0.1, 0.15) is 12.4 Å². The molecule has 0 unspecified atom stereocenters. The van der Waals surface area contributed by atoms with Gasteiger partial charge in [0.2, 0.25) is 0 Å². The van der Waals surface area contributed by atoms with Gasteiger partial charge in [0.25, 0.3) is 0 Å². The zero-order valence-electron chi connectivity index (χ0n) is 10.8. The van der Waals surface area contributed by atoms with Crippen LogP contribution in [0.2, 0.25) is 0 Å². The van der Waals surface area contributed by atoms with Gasteiger partial charge >= 0.3 is 0 Å². The SMILES string of the molecule is CC(C)(C)CCOCCOc1ccc(Br)cc1. The van der Waals surface area contributed by atoms with Crippen molar-refractivity contribution in [2.45, 2.75) is 27.2 Å². The Balaban J connectivity index is 2.07. The molecule has 1 aromatic rings. The first kappa shape index (κ1) is 14.5. The molecule has 2 nitrogen and oxygen atoms in total. The van der Waals surface area contributed by atoms with Crippen molar-refractivity contribution < 1.29 is 9.47 Å². The van der Waals surface area contributed by atoms with Crippen molar-refractivity contribution in [2.75, 3.05) is 19.8 Å². The van der Waals surface area contributed by atoms with Gasteiger partial charge < -0.3 is 9.47 Å². The van der Waals surface area contributed by atoms with Crippen molar-refractivity contribution in [1.29, 1.82) is 0 Å². The fraction of sp³-hybridized carbons (Fsp3) is 0.571. The normalized spacial score (nSPS) is 11.5. The van der Waals surface area contributed by atoms with Crippen molar-refractivity contribution in [2.24, 2.45) is 5.41 Å². The van der Waals surface area contributed by atoms with Crippen LogP contribution < -0.4 is 4.74 Å². The van der Waals surface area contributed by atoms with Crippen molar-refractivity contribution in [3.63, 3.8) is 0 Å². The van der Waals surface area contributed by atoms with Gasteiger partial charge in [-0.3, -0.25) is 0 Å². The zero-order chi connectivity index (χ0) is 12.7. The van der Waals surface area contributed by atoms with Crippen LogP contribution in [0, 0.1) is 5.41 Å². The van der Waals surface area contributed by atoms with Gasteiger partial charge in [0.15, 0.2) is 0 Å². The molecule has 0 heterocycles. The minimum atomic E-state index is 0.340.